The predicted molar refractivity (Wildman–Crippen MR) is 70.6 cm³/mol. The van der Waals surface area contributed by atoms with E-state index in [2.05, 4.69) is 11.4 Å². The van der Waals surface area contributed by atoms with Gasteiger partial charge in [-0.05, 0) is 36.4 Å². The van der Waals surface area contributed by atoms with Crippen LogP contribution in [0.2, 0.25) is 0 Å². The van der Waals surface area contributed by atoms with Crippen LogP contribution in [0.15, 0.2) is 40.3 Å². The molecule has 1 fully saturated rings. The monoisotopic (exact) mass is 261 g/mol. The number of rotatable bonds is 5. The molecule has 18 heavy (non-hydrogen) atoms. The fourth-order valence-corrected chi connectivity index (χ4v) is 2.85. The Kier molecular flexibility index (Phi) is 3.19. The van der Waals surface area contributed by atoms with Crippen molar-refractivity contribution in [2.24, 2.45) is 5.92 Å². The predicted octanol–water partition coefficient (Wildman–Crippen LogP) is 3.00. The fourth-order valence-electron chi connectivity index (χ4n) is 2.01. The number of nitrogens with one attached hydrogen (secondary N) is 1. The van der Waals surface area contributed by atoms with E-state index in [4.69, 9.17) is 4.42 Å². The maximum Gasteiger partial charge on any atom is 0.223 e. The molecule has 0 bridgehead atoms. The van der Waals surface area contributed by atoms with Gasteiger partial charge < -0.3 is 9.73 Å². The molecule has 1 N–H and O–H groups in total. The Morgan fingerprint density at radius 1 is 1.44 bits per heavy atom. The second kappa shape index (κ2) is 4.98. The molecule has 2 aromatic rings. The maximum absolute atomic E-state index is 11.7. The molecule has 1 amide bonds. The maximum atomic E-state index is 11.7. The fraction of sp³-hybridized carbons (Fsp3) is 0.357. The van der Waals surface area contributed by atoms with Crippen LogP contribution in [0.25, 0.3) is 0 Å². The number of hydrogen-bond donors (Lipinski definition) is 1. The molecule has 4 heteroatoms. The van der Waals surface area contributed by atoms with Gasteiger partial charge in [0, 0.05) is 17.3 Å². The van der Waals surface area contributed by atoms with Crippen LogP contribution >= 0.6 is 11.3 Å². The van der Waals surface area contributed by atoms with Crippen LogP contribution in [0.4, 0.5) is 0 Å². The summed E-state index contributed by atoms with van der Waals surface area (Å²) in [6, 6.07) is 7.96. The van der Waals surface area contributed by atoms with Crippen molar-refractivity contribution in [3.05, 3.63) is 46.5 Å². The Morgan fingerprint density at radius 3 is 2.94 bits per heavy atom. The van der Waals surface area contributed by atoms with Crippen molar-refractivity contribution in [1.82, 2.24) is 5.32 Å². The minimum Gasteiger partial charge on any atom is -0.469 e. The molecule has 2 aromatic heterocycles. The summed E-state index contributed by atoms with van der Waals surface area (Å²) in [6.45, 7) is 0.614. The Labute approximate surface area is 110 Å². The second-order valence-corrected chi connectivity index (χ2v) is 5.58. The van der Waals surface area contributed by atoms with E-state index in [-0.39, 0.29) is 17.7 Å². The van der Waals surface area contributed by atoms with Gasteiger partial charge in [0.15, 0.2) is 0 Å². The lowest BCUT2D eigenvalue weighted by atomic mass is 10.0. The Bertz CT molecular complexity index is 466. The SMILES string of the molecule is O=C(NC[C@@H](c1ccco1)c1cccs1)C1CC1. The first-order valence-electron chi connectivity index (χ1n) is 6.19. The van der Waals surface area contributed by atoms with E-state index in [1.165, 1.54) is 4.88 Å². The zero-order valence-electron chi connectivity index (χ0n) is 9.96. The van der Waals surface area contributed by atoms with Gasteiger partial charge in [-0.15, -0.1) is 11.3 Å². The highest BCUT2D eigenvalue weighted by molar-refractivity contribution is 7.10. The number of hydrogen-bond acceptors (Lipinski definition) is 3. The highest BCUT2D eigenvalue weighted by Gasteiger charge is 2.30. The van der Waals surface area contributed by atoms with E-state index in [9.17, 15) is 4.79 Å². The average Bonchev–Trinajstić information content (AvgIpc) is 2.89. The Hall–Kier alpha value is -1.55. The van der Waals surface area contributed by atoms with E-state index in [0.29, 0.717) is 6.54 Å². The number of carbonyl (C=O) groups excluding carboxylic acids is 1. The van der Waals surface area contributed by atoms with Crippen LogP contribution in [0.3, 0.4) is 0 Å². The van der Waals surface area contributed by atoms with Crippen molar-refractivity contribution in [2.75, 3.05) is 6.54 Å². The summed E-state index contributed by atoms with van der Waals surface area (Å²) in [6.07, 6.45) is 3.76. The molecule has 0 aliphatic heterocycles. The lowest BCUT2D eigenvalue weighted by molar-refractivity contribution is -0.122. The van der Waals surface area contributed by atoms with Crippen molar-refractivity contribution in [3.63, 3.8) is 0 Å². The molecule has 2 heterocycles. The van der Waals surface area contributed by atoms with Gasteiger partial charge in [-0.1, -0.05) is 6.07 Å². The third-order valence-corrected chi connectivity index (χ3v) is 4.19. The van der Waals surface area contributed by atoms with E-state index in [0.717, 1.165) is 18.6 Å². The summed E-state index contributed by atoms with van der Waals surface area (Å²) in [5.74, 6) is 1.48. The average molecular weight is 261 g/mol. The first-order chi connectivity index (χ1) is 8.84. The molecular weight excluding hydrogens is 246 g/mol. The summed E-state index contributed by atoms with van der Waals surface area (Å²) < 4.78 is 5.48. The molecule has 1 aliphatic carbocycles. The normalized spacial score (nSPS) is 16.4. The zero-order valence-corrected chi connectivity index (χ0v) is 10.8. The van der Waals surface area contributed by atoms with Crippen LogP contribution in [-0.4, -0.2) is 12.5 Å². The minimum atomic E-state index is 0.127. The van der Waals surface area contributed by atoms with E-state index in [1.807, 2.05) is 23.6 Å². The van der Waals surface area contributed by atoms with Crippen LogP contribution in [0.1, 0.15) is 29.4 Å². The summed E-state index contributed by atoms with van der Waals surface area (Å²) in [4.78, 5) is 12.9. The number of carbonyl (C=O) groups is 1. The third kappa shape index (κ3) is 2.48. The molecule has 0 unspecified atom stereocenters. The van der Waals surface area contributed by atoms with Crippen molar-refractivity contribution in [1.29, 1.82) is 0 Å². The molecule has 0 spiro atoms. The molecule has 3 nitrogen and oxygen atoms in total. The van der Waals surface area contributed by atoms with E-state index >= 15 is 0 Å². The summed E-state index contributed by atoms with van der Waals surface area (Å²) >= 11 is 1.69. The lowest BCUT2D eigenvalue weighted by Gasteiger charge is -2.14. The molecule has 1 aliphatic rings. The van der Waals surface area contributed by atoms with Gasteiger partial charge in [-0.25, -0.2) is 0 Å². The highest BCUT2D eigenvalue weighted by Crippen LogP contribution is 2.31. The van der Waals surface area contributed by atoms with E-state index < -0.39 is 0 Å². The van der Waals surface area contributed by atoms with Crippen LogP contribution in [0.5, 0.6) is 0 Å². The van der Waals surface area contributed by atoms with Gasteiger partial charge >= 0.3 is 0 Å². The molecule has 0 saturated heterocycles. The Morgan fingerprint density at radius 2 is 2.33 bits per heavy atom. The molecule has 94 valence electrons. The van der Waals surface area contributed by atoms with Gasteiger partial charge in [0.1, 0.15) is 5.76 Å². The number of amides is 1. The quantitative estimate of drug-likeness (QED) is 0.899. The van der Waals surface area contributed by atoms with Gasteiger partial charge in [-0.3, -0.25) is 4.79 Å². The largest absolute Gasteiger partial charge is 0.469 e. The van der Waals surface area contributed by atoms with Gasteiger partial charge in [0.05, 0.1) is 12.2 Å². The molecule has 0 aromatic carbocycles. The molecule has 1 saturated carbocycles. The molecule has 0 radical (unpaired) electrons. The first-order valence-corrected chi connectivity index (χ1v) is 7.07. The molecule has 1 atom stereocenters. The summed E-state index contributed by atoms with van der Waals surface area (Å²) in [7, 11) is 0. The minimum absolute atomic E-state index is 0.127. The molecule has 3 rings (SSSR count). The van der Waals surface area contributed by atoms with Crippen molar-refractivity contribution in [2.45, 2.75) is 18.8 Å². The topological polar surface area (TPSA) is 42.2 Å². The third-order valence-electron chi connectivity index (χ3n) is 3.20. The number of thiophene rings is 1. The summed E-state index contributed by atoms with van der Waals surface area (Å²) in [5.41, 5.74) is 0. The smallest absolute Gasteiger partial charge is 0.223 e. The zero-order chi connectivity index (χ0) is 12.4. The summed E-state index contributed by atoms with van der Waals surface area (Å²) in [5, 5.41) is 5.08. The van der Waals surface area contributed by atoms with Gasteiger partial charge in [0.2, 0.25) is 5.91 Å². The van der Waals surface area contributed by atoms with Crippen molar-refractivity contribution < 1.29 is 9.21 Å². The lowest BCUT2D eigenvalue weighted by Crippen LogP contribution is -2.29. The van der Waals surface area contributed by atoms with Crippen molar-refractivity contribution in [3.8, 4) is 0 Å². The van der Waals surface area contributed by atoms with Crippen LogP contribution < -0.4 is 5.32 Å². The van der Waals surface area contributed by atoms with Crippen LogP contribution in [0, 0.1) is 5.92 Å². The Balaban J connectivity index is 1.71. The van der Waals surface area contributed by atoms with Gasteiger partial charge in [0.25, 0.3) is 0 Å². The molecular formula is C14H15NO2S. The number of furan rings is 1. The van der Waals surface area contributed by atoms with Crippen molar-refractivity contribution >= 4 is 17.2 Å². The first kappa shape index (κ1) is 11.5. The second-order valence-electron chi connectivity index (χ2n) is 4.60. The standard InChI is InChI=1S/C14H15NO2S/c16-14(10-5-6-10)15-9-11(12-3-1-7-17-12)13-4-2-8-18-13/h1-4,7-8,10-11H,5-6,9H2,(H,15,16)/t11-/m0/s1. The highest BCUT2D eigenvalue weighted by atomic mass is 32.1. The van der Waals surface area contributed by atoms with E-state index in [1.54, 1.807) is 17.6 Å². The van der Waals surface area contributed by atoms with Crippen LogP contribution in [-0.2, 0) is 4.79 Å². The van der Waals surface area contributed by atoms with Gasteiger partial charge in [-0.2, -0.15) is 0 Å².